The number of halogens is 2. The van der Waals surface area contributed by atoms with Gasteiger partial charge in [-0.2, -0.15) is 0 Å². The van der Waals surface area contributed by atoms with Crippen molar-refractivity contribution in [1.82, 2.24) is 5.01 Å². The topological polar surface area (TPSA) is 55.6 Å². The zero-order chi connectivity index (χ0) is 12.1. The number of nitrogens with two attached hydrogens (primary N) is 1. The van der Waals surface area contributed by atoms with E-state index in [4.69, 9.17) is 22.2 Å². The molecule has 0 saturated carbocycles. The fourth-order valence-corrected chi connectivity index (χ4v) is 1.24. The summed E-state index contributed by atoms with van der Waals surface area (Å²) in [6, 6.07) is 3.79. The van der Waals surface area contributed by atoms with Gasteiger partial charge in [-0.3, -0.25) is 9.80 Å². The summed E-state index contributed by atoms with van der Waals surface area (Å²) in [6.45, 7) is 0.145. The molecule has 0 bridgehead atoms. The van der Waals surface area contributed by atoms with Gasteiger partial charge in [-0.25, -0.2) is 10.2 Å². The molecule has 88 valence electrons. The fourth-order valence-electron chi connectivity index (χ4n) is 1.02. The van der Waals surface area contributed by atoms with Crippen molar-refractivity contribution < 1.29 is 13.9 Å². The van der Waals surface area contributed by atoms with Crippen LogP contribution in [0.4, 0.5) is 4.39 Å². The first kappa shape index (κ1) is 12.7. The molecule has 1 aromatic carbocycles. The fraction of sp³-hybridized carbons (Fsp3) is 0.300. The van der Waals surface area contributed by atoms with Crippen molar-refractivity contribution in [2.45, 2.75) is 6.42 Å². The van der Waals surface area contributed by atoms with E-state index in [0.717, 1.165) is 11.1 Å². The van der Waals surface area contributed by atoms with E-state index in [1.807, 2.05) is 0 Å². The largest absolute Gasteiger partial charge is 0.491 e. The summed E-state index contributed by atoms with van der Waals surface area (Å²) in [7, 11) is 1.45. The van der Waals surface area contributed by atoms with E-state index < -0.39 is 5.82 Å². The highest BCUT2D eigenvalue weighted by Crippen LogP contribution is 2.24. The van der Waals surface area contributed by atoms with Gasteiger partial charge in [-0.15, -0.1) is 0 Å². The SMILES string of the molecule is CN(N)C(=O)CCOc1ccc(F)cc1Cl. The Hall–Kier alpha value is -1.33. The number of amides is 1. The number of rotatable bonds is 4. The van der Waals surface area contributed by atoms with Crippen LogP contribution in [-0.4, -0.2) is 24.6 Å². The van der Waals surface area contributed by atoms with Crippen LogP contribution >= 0.6 is 11.6 Å². The highest BCUT2D eigenvalue weighted by atomic mass is 35.5. The molecule has 6 heteroatoms. The predicted molar refractivity (Wildman–Crippen MR) is 58.5 cm³/mol. The molecule has 0 aliphatic rings. The highest BCUT2D eigenvalue weighted by Gasteiger charge is 2.06. The Bertz CT molecular complexity index is 385. The lowest BCUT2D eigenvalue weighted by atomic mass is 10.3. The van der Waals surface area contributed by atoms with Crippen LogP contribution in [0.25, 0.3) is 0 Å². The molecule has 1 aromatic rings. The number of ether oxygens (including phenoxy) is 1. The molecule has 1 rings (SSSR count). The third-order valence-electron chi connectivity index (χ3n) is 1.86. The molecule has 0 unspecified atom stereocenters. The van der Waals surface area contributed by atoms with Gasteiger partial charge in [-0.05, 0) is 18.2 Å². The summed E-state index contributed by atoms with van der Waals surface area (Å²) in [4.78, 5) is 11.1. The van der Waals surface area contributed by atoms with E-state index in [2.05, 4.69) is 0 Å². The first-order valence-electron chi connectivity index (χ1n) is 4.60. The van der Waals surface area contributed by atoms with Gasteiger partial charge >= 0.3 is 0 Å². The molecule has 0 heterocycles. The summed E-state index contributed by atoms with van der Waals surface area (Å²) in [5, 5.41) is 1.16. The minimum atomic E-state index is -0.435. The van der Waals surface area contributed by atoms with Crippen LogP contribution in [0, 0.1) is 5.82 Å². The average molecular weight is 247 g/mol. The summed E-state index contributed by atoms with van der Waals surface area (Å²) in [5.41, 5.74) is 0. The van der Waals surface area contributed by atoms with Gasteiger partial charge < -0.3 is 4.74 Å². The number of carbonyl (C=O) groups excluding carboxylic acids is 1. The summed E-state index contributed by atoms with van der Waals surface area (Å²) in [6.07, 6.45) is 0.140. The van der Waals surface area contributed by atoms with Crippen molar-refractivity contribution in [3.63, 3.8) is 0 Å². The molecule has 0 fully saturated rings. The van der Waals surface area contributed by atoms with E-state index in [0.29, 0.717) is 5.75 Å². The molecule has 0 aromatic heterocycles. The lowest BCUT2D eigenvalue weighted by molar-refractivity contribution is -0.130. The number of hydrogen-bond acceptors (Lipinski definition) is 3. The second-order valence-electron chi connectivity index (χ2n) is 3.18. The third-order valence-corrected chi connectivity index (χ3v) is 2.16. The first-order chi connectivity index (χ1) is 7.50. The quantitative estimate of drug-likeness (QED) is 0.499. The van der Waals surface area contributed by atoms with Crippen molar-refractivity contribution in [2.75, 3.05) is 13.7 Å². The van der Waals surface area contributed by atoms with Crippen LogP contribution < -0.4 is 10.6 Å². The molecule has 0 spiro atoms. The third kappa shape index (κ3) is 3.67. The van der Waals surface area contributed by atoms with Gasteiger partial charge in [0.25, 0.3) is 0 Å². The Balaban J connectivity index is 2.46. The zero-order valence-electron chi connectivity index (χ0n) is 8.74. The average Bonchev–Trinajstić information content (AvgIpc) is 2.20. The van der Waals surface area contributed by atoms with E-state index in [-0.39, 0.29) is 24.0 Å². The lowest BCUT2D eigenvalue weighted by Gasteiger charge is -2.11. The monoisotopic (exact) mass is 246 g/mol. The van der Waals surface area contributed by atoms with Crippen LogP contribution in [0.1, 0.15) is 6.42 Å². The molecule has 16 heavy (non-hydrogen) atoms. The molecule has 2 N–H and O–H groups in total. The zero-order valence-corrected chi connectivity index (χ0v) is 9.50. The molecule has 4 nitrogen and oxygen atoms in total. The molecule has 0 aliphatic carbocycles. The Kier molecular flexibility index (Phi) is 4.52. The van der Waals surface area contributed by atoms with Crippen molar-refractivity contribution in [1.29, 1.82) is 0 Å². The van der Waals surface area contributed by atoms with Gasteiger partial charge in [-0.1, -0.05) is 11.6 Å². The minimum absolute atomic E-state index is 0.140. The maximum atomic E-state index is 12.7. The molecular weight excluding hydrogens is 235 g/mol. The van der Waals surface area contributed by atoms with Gasteiger partial charge in [0.15, 0.2) is 0 Å². The second kappa shape index (κ2) is 5.67. The molecule has 0 saturated heterocycles. The molecular formula is C10H12ClFN2O2. The highest BCUT2D eigenvalue weighted by molar-refractivity contribution is 6.32. The number of hydrazine groups is 1. The molecule has 0 atom stereocenters. The van der Waals surface area contributed by atoms with Crippen molar-refractivity contribution >= 4 is 17.5 Å². The molecule has 0 aliphatic heterocycles. The van der Waals surface area contributed by atoms with Crippen LogP contribution in [-0.2, 0) is 4.79 Å². The molecule has 0 radical (unpaired) electrons. The number of benzene rings is 1. The van der Waals surface area contributed by atoms with E-state index in [9.17, 15) is 9.18 Å². The normalized spacial score (nSPS) is 10.0. The van der Waals surface area contributed by atoms with Gasteiger partial charge in [0, 0.05) is 7.05 Å². The summed E-state index contributed by atoms with van der Waals surface area (Å²) < 4.78 is 17.9. The van der Waals surface area contributed by atoms with Gasteiger partial charge in [0.05, 0.1) is 18.1 Å². The molecule has 1 amide bonds. The first-order valence-corrected chi connectivity index (χ1v) is 4.97. The van der Waals surface area contributed by atoms with Crippen molar-refractivity contribution in [3.8, 4) is 5.75 Å². The van der Waals surface area contributed by atoms with Gasteiger partial charge in [0.1, 0.15) is 11.6 Å². The summed E-state index contributed by atoms with van der Waals surface area (Å²) >= 11 is 5.72. The van der Waals surface area contributed by atoms with E-state index >= 15 is 0 Å². The Morgan fingerprint density at radius 2 is 2.31 bits per heavy atom. The van der Waals surface area contributed by atoms with E-state index in [1.54, 1.807) is 0 Å². The number of carbonyl (C=O) groups is 1. The lowest BCUT2D eigenvalue weighted by Crippen LogP contribution is -2.33. The Morgan fingerprint density at radius 3 is 2.88 bits per heavy atom. The second-order valence-corrected chi connectivity index (χ2v) is 3.59. The number of hydrogen-bond donors (Lipinski definition) is 1. The van der Waals surface area contributed by atoms with Gasteiger partial charge in [0.2, 0.25) is 5.91 Å². The van der Waals surface area contributed by atoms with E-state index in [1.165, 1.54) is 19.2 Å². The Morgan fingerprint density at radius 1 is 1.62 bits per heavy atom. The van der Waals surface area contributed by atoms with Crippen molar-refractivity contribution in [3.05, 3.63) is 29.0 Å². The smallest absolute Gasteiger partial charge is 0.239 e. The summed E-state index contributed by atoms with van der Waals surface area (Å²) in [5.74, 6) is 4.87. The maximum Gasteiger partial charge on any atom is 0.239 e. The Labute approximate surface area is 97.7 Å². The van der Waals surface area contributed by atoms with Crippen molar-refractivity contribution in [2.24, 2.45) is 5.84 Å². The van der Waals surface area contributed by atoms with Crippen LogP contribution in [0.2, 0.25) is 5.02 Å². The van der Waals surface area contributed by atoms with Crippen LogP contribution in [0.5, 0.6) is 5.75 Å². The predicted octanol–water partition coefficient (Wildman–Crippen LogP) is 1.58. The standard InChI is InChI=1S/C10H12ClFN2O2/c1-14(13)10(15)4-5-16-9-3-2-7(12)6-8(9)11/h2-3,6H,4-5,13H2,1H3. The van der Waals surface area contributed by atoms with Crippen LogP contribution in [0.15, 0.2) is 18.2 Å². The minimum Gasteiger partial charge on any atom is -0.491 e. The van der Waals surface area contributed by atoms with Crippen LogP contribution in [0.3, 0.4) is 0 Å². The maximum absolute atomic E-state index is 12.7. The number of nitrogens with zero attached hydrogens (tertiary/aromatic N) is 1.